The molecule has 2 N–H and O–H groups in total. The first-order valence-corrected chi connectivity index (χ1v) is 8.46. The summed E-state index contributed by atoms with van der Waals surface area (Å²) < 4.78 is 5.29. The lowest BCUT2D eigenvalue weighted by molar-refractivity contribution is -0.139. The van der Waals surface area contributed by atoms with Crippen LogP contribution < -0.4 is 10.1 Å². The molecule has 6 nitrogen and oxygen atoms in total. The zero-order chi connectivity index (χ0) is 17.7. The summed E-state index contributed by atoms with van der Waals surface area (Å²) in [6.45, 7) is 5.17. The van der Waals surface area contributed by atoms with E-state index in [1.807, 2.05) is 12.3 Å². The minimum Gasteiger partial charge on any atom is -0.481 e. The number of aromatic nitrogens is 1. The second-order valence-corrected chi connectivity index (χ2v) is 6.35. The highest BCUT2D eigenvalue weighted by Gasteiger charge is 2.18. The molecule has 0 saturated carbocycles. The third-order valence-electron chi connectivity index (χ3n) is 3.53. The van der Waals surface area contributed by atoms with Crippen molar-refractivity contribution in [1.29, 1.82) is 0 Å². The number of ether oxygens (including phenoxy) is 1. The van der Waals surface area contributed by atoms with E-state index >= 15 is 0 Å². The molecule has 0 aliphatic carbocycles. The Hall–Kier alpha value is -2.41. The van der Waals surface area contributed by atoms with E-state index in [9.17, 15) is 9.59 Å². The maximum Gasteiger partial charge on any atom is 0.341 e. The van der Waals surface area contributed by atoms with E-state index < -0.39 is 12.6 Å². The summed E-state index contributed by atoms with van der Waals surface area (Å²) >= 11 is 1.51. The fourth-order valence-corrected chi connectivity index (χ4v) is 3.20. The van der Waals surface area contributed by atoms with Gasteiger partial charge in [-0.15, -0.1) is 11.3 Å². The quantitative estimate of drug-likeness (QED) is 0.802. The molecule has 1 aromatic carbocycles. The molecule has 1 heterocycles. The smallest absolute Gasteiger partial charge is 0.341 e. The predicted molar refractivity (Wildman–Crippen MR) is 91.7 cm³/mol. The van der Waals surface area contributed by atoms with Gasteiger partial charge in [-0.1, -0.05) is 6.92 Å². The number of hydrogen-bond donors (Lipinski definition) is 2. The number of carboxylic acid groups (broad SMARTS) is 1. The fourth-order valence-electron chi connectivity index (χ4n) is 2.43. The number of aliphatic carboxylic acids is 1. The standard InChI is InChI=1S/C17H20N2O4S/c1-4-13(17-18-5-6-24-17)19-16(22)12-7-10(2)15(11(3)8-12)23-9-14(20)21/h5-8,13H,4,9H2,1-3H3,(H,19,22)(H,20,21). The summed E-state index contributed by atoms with van der Waals surface area (Å²) in [5.74, 6) is -0.723. The van der Waals surface area contributed by atoms with Crippen LogP contribution in [0, 0.1) is 13.8 Å². The van der Waals surface area contributed by atoms with Gasteiger partial charge in [0.05, 0.1) is 6.04 Å². The second kappa shape index (κ2) is 7.92. The molecule has 7 heteroatoms. The lowest BCUT2D eigenvalue weighted by Crippen LogP contribution is -2.28. The Kier molecular flexibility index (Phi) is 5.92. The Morgan fingerprint density at radius 3 is 2.50 bits per heavy atom. The number of aryl methyl sites for hydroxylation is 2. The molecule has 0 aliphatic heterocycles. The van der Waals surface area contributed by atoms with E-state index in [2.05, 4.69) is 10.3 Å². The first-order valence-electron chi connectivity index (χ1n) is 7.58. The molecule has 1 amide bonds. The van der Waals surface area contributed by atoms with Crippen LogP contribution in [0.1, 0.15) is 45.9 Å². The van der Waals surface area contributed by atoms with Crippen molar-refractivity contribution in [2.24, 2.45) is 0 Å². The number of hydrogen-bond acceptors (Lipinski definition) is 5. The van der Waals surface area contributed by atoms with Gasteiger partial charge in [-0.2, -0.15) is 0 Å². The molecule has 2 rings (SSSR count). The van der Waals surface area contributed by atoms with E-state index in [0.29, 0.717) is 11.3 Å². The van der Waals surface area contributed by atoms with Crippen LogP contribution in [0.25, 0.3) is 0 Å². The lowest BCUT2D eigenvalue weighted by atomic mass is 10.0. The maximum absolute atomic E-state index is 12.5. The monoisotopic (exact) mass is 348 g/mol. The minimum absolute atomic E-state index is 0.124. The largest absolute Gasteiger partial charge is 0.481 e. The molecular weight excluding hydrogens is 328 g/mol. The first kappa shape index (κ1) is 17.9. The molecule has 0 aliphatic rings. The molecule has 128 valence electrons. The van der Waals surface area contributed by atoms with Gasteiger partial charge in [0.15, 0.2) is 6.61 Å². The number of carbonyl (C=O) groups is 2. The predicted octanol–water partition coefficient (Wildman–Crippen LogP) is 3.10. The van der Waals surface area contributed by atoms with Crippen molar-refractivity contribution in [1.82, 2.24) is 10.3 Å². The lowest BCUT2D eigenvalue weighted by Gasteiger charge is -2.16. The van der Waals surface area contributed by atoms with Crippen molar-refractivity contribution in [2.75, 3.05) is 6.61 Å². The maximum atomic E-state index is 12.5. The van der Waals surface area contributed by atoms with E-state index in [1.165, 1.54) is 11.3 Å². The van der Waals surface area contributed by atoms with Gasteiger partial charge in [-0.3, -0.25) is 4.79 Å². The van der Waals surface area contributed by atoms with Gasteiger partial charge in [0, 0.05) is 17.1 Å². The van der Waals surface area contributed by atoms with Gasteiger partial charge in [0.2, 0.25) is 0 Å². The fraction of sp³-hybridized carbons (Fsp3) is 0.353. The molecule has 0 bridgehead atoms. The van der Waals surface area contributed by atoms with E-state index in [-0.39, 0.29) is 11.9 Å². The number of nitrogens with one attached hydrogen (secondary N) is 1. The van der Waals surface area contributed by atoms with E-state index in [4.69, 9.17) is 9.84 Å². The van der Waals surface area contributed by atoms with Crippen molar-refractivity contribution in [3.05, 3.63) is 45.4 Å². The molecule has 1 aromatic heterocycles. The Labute approximate surface area is 144 Å². The van der Waals surface area contributed by atoms with E-state index in [1.54, 1.807) is 32.2 Å². The summed E-state index contributed by atoms with van der Waals surface area (Å²) in [5.41, 5.74) is 1.97. The molecule has 24 heavy (non-hydrogen) atoms. The van der Waals surface area contributed by atoms with E-state index in [0.717, 1.165) is 22.6 Å². The summed E-state index contributed by atoms with van der Waals surface area (Å²) in [7, 11) is 0. The van der Waals surface area contributed by atoms with Gasteiger partial charge in [-0.05, 0) is 43.5 Å². The zero-order valence-electron chi connectivity index (χ0n) is 13.8. The Bertz CT molecular complexity index is 705. The van der Waals surface area contributed by atoms with Crippen LogP contribution in [-0.2, 0) is 4.79 Å². The third kappa shape index (κ3) is 4.32. The molecule has 1 atom stereocenters. The van der Waals surface area contributed by atoms with Gasteiger partial charge in [-0.25, -0.2) is 9.78 Å². The van der Waals surface area contributed by atoms with Gasteiger partial charge in [0.1, 0.15) is 10.8 Å². The average Bonchev–Trinajstić information content (AvgIpc) is 3.05. The van der Waals surface area contributed by atoms with Crippen LogP contribution in [0.15, 0.2) is 23.7 Å². The molecule has 0 saturated heterocycles. The van der Waals surface area contributed by atoms with Crippen molar-refractivity contribution in [3.8, 4) is 5.75 Å². The summed E-state index contributed by atoms with van der Waals surface area (Å²) in [6.07, 6.45) is 2.47. The van der Waals surface area contributed by atoms with Crippen LogP contribution in [0.5, 0.6) is 5.75 Å². The van der Waals surface area contributed by atoms with Crippen LogP contribution in [0.2, 0.25) is 0 Å². The molecule has 1 unspecified atom stereocenters. The van der Waals surface area contributed by atoms with Crippen LogP contribution in [0.4, 0.5) is 0 Å². The topological polar surface area (TPSA) is 88.5 Å². The highest BCUT2D eigenvalue weighted by atomic mass is 32.1. The van der Waals surface area contributed by atoms with Gasteiger partial charge >= 0.3 is 5.97 Å². The molecule has 0 spiro atoms. The average molecular weight is 348 g/mol. The molecule has 0 fully saturated rings. The molecule has 0 radical (unpaired) electrons. The minimum atomic E-state index is -1.04. The van der Waals surface area contributed by atoms with Crippen molar-refractivity contribution in [2.45, 2.75) is 33.2 Å². The highest BCUT2D eigenvalue weighted by Crippen LogP contribution is 2.26. The zero-order valence-corrected chi connectivity index (χ0v) is 14.6. The summed E-state index contributed by atoms with van der Waals surface area (Å²) in [6, 6.07) is 3.28. The highest BCUT2D eigenvalue weighted by molar-refractivity contribution is 7.09. The normalized spacial score (nSPS) is 11.8. The van der Waals surface area contributed by atoms with Crippen LogP contribution in [-0.4, -0.2) is 28.6 Å². The number of nitrogens with zero attached hydrogens (tertiary/aromatic N) is 1. The number of rotatable bonds is 7. The Morgan fingerprint density at radius 1 is 1.33 bits per heavy atom. The van der Waals surface area contributed by atoms with Crippen molar-refractivity contribution in [3.63, 3.8) is 0 Å². The van der Waals surface area contributed by atoms with Crippen LogP contribution in [0.3, 0.4) is 0 Å². The second-order valence-electron chi connectivity index (χ2n) is 5.43. The first-order chi connectivity index (χ1) is 11.4. The van der Waals surface area contributed by atoms with Crippen molar-refractivity contribution >= 4 is 23.2 Å². The number of benzene rings is 1. The van der Waals surface area contributed by atoms with Crippen molar-refractivity contribution < 1.29 is 19.4 Å². The Morgan fingerprint density at radius 2 is 2.00 bits per heavy atom. The van der Waals surface area contributed by atoms with Gasteiger partial charge < -0.3 is 15.2 Å². The summed E-state index contributed by atoms with van der Waals surface area (Å²) in [4.78, 5) is 27.4. The number of amides is 1. The Balaban J connectivity index is 2.16. The summed E-state index contributed by atoms with van der Waals surface area (Å²) in [5, 5.41) is 14.5. The number of carboxylic acids is 1. The third-order valence-corrected chi connectivity index (χ3v) is 4.41. The SMILES string of the molecule is CCC(NC(=O)c1cc(C)c(OCC(=O)O)c(C)c1)c1nccs1. The van der Waals surface area contributed by atoms with Gasteiger partial charge in [0.25, 0.3) is 5.91 Å². The number of carbonyl (C=O) groups excluding carboxylic acids is 1. The molecular formula is C17H20N2O4S. The van der Waals surface area contributed by atoms with Crippen LogP contribution >= 0.6 is 11.3 Å². The number of thiazole rings is 1. The molecule has 2 aromatic rings.